The van der Waals surface area contributed by atoms with Crippen molar-refractivity contribution >= 4 is 11.4 Å². The molecule has 0 fully saturated rings. The Kier molecular flexibility index (Phi) is 7.75. The van der Waals surface area contributed by atoms with Gasteiger partial charge in [-0.1, -0.05) is 33.1 Å². The highest BCUT2D eigenvalue weighted by Gasteiger charge is 2.04. The summed E-state index contributed by atoms with van der Waals surface area (Å²) in [4.78, 5) is 0. The predicted molar refractivity (Wildman–Crippen MR) is 48.2 cm³/mol. The van der Waals surface area contributed by atoms with E-state index in [-0.39, 0.29) is 0 Å². The Bertz CT molecular complexity index is 127. The van der Waals surface area contributed by atoms with E-state index < -0.39 is 11.4 Å². The summed E-state index contributed by atoms with van der Waals surface area (Å²) in [5.74, 6) is 0.610. The molecule has 0 bridgehead atoms. The van der Waals surface area contributed by atoms with Crippen LogP contribution in [0.25, 0.3) is 0 Å². The van der Waals surface area contributed by atoms with Crippen LogP contribution in [0.4, 0.5) is 0 Å². The van der Waals surface area contributed by atoms with Gasteiger partial charge < -0.3 is 8.74 Å². The molecule has 2 atom stereocenters. The number of rotatable bonds is 7. The van der Waals surface area contributed by atoms with Crippen LogP contribution in [0.1, 0.15) is 39.5 Å². The Morgan fingerprint density at radius 2 is 2.08 bits per heavy atom. The normalized spacial score (nSPS) is 15.9. The van der Waals surface area contributed by atoms with Crippen molar-refractivity contribution in [2.45, 2.75) is 39.5 Å². The van der Waals surface area contributed by atoms with Gasteiger partial charge in [0.05, 0.1) is 18.0 Å². The molecular formula is C8H17O3S-. The van der Waals surface area contributed by atoms with E-state index in [2.05, 4.69) is 18.0 Å². The third kappa shape index (κ3) is 6.76. The van der Waals surface area contributed by atoms with Crippen LogP contribution < -0.4 is 0 Å². The lowest BCUT2D eigenvalue weighted by Crippen LogP contribution is -2.05. The highest BCUT2D eigenvalue weighted by molar-refractivity contribution is 7.74. The molecule has 0 heterocycles. The summed E-state index contributed by atoms with van der Waals surface area (Å²) < 4.78 is 24.4. The van der Waals surface area contributed by atoms with Crippen molar-refractivity contribution in [3.8, 4) is 0 Å². The molecular weight excluding hydrogens is 176 g/mol. The van der Waals surface area contributed by atoms with Gasteiger partial charge in [0.15, 0.2) is 0 Å². The number of hydrogen-bond acceptors (Lipinski definition) is 3. The molecule has 0 saturated heterocycles. The first-order valence-electron chi connectivity index (χ1n) is 4.43. The van der Waals surface area contributed by atoms with E-state index in [0.717, 1.165) is 25.7 Å². The lowest BCUT2D eigenvalue weighted by Gasteiger charge is -2.13. The van der Waals surface area contributed by atoms with Crippen molar-refractivity contribution < 1.29 is 12.9 Å². The van der Waals surface area contributed by atoms with Gasteiger partial charge in [-0.15, -0.1) is 0 Å². The van der Waals surface area contributed by atoms with Gasteiger partial charge in [0, 0.05) is 0 Å². The molecule has 0 aromatic carbocycles. The van der Waals surface area contributed by atoms with Gasteiger partial charge in [0.1, 0.15) is 0 Å². The molecule has 0 radical (unpaired) electrons. The SMILES string of the molecule is CCCC(CC)CCOS(=O)[O-]. The highest BCUT2D eigenvalue weighted by atomic mass is 32.2. The summed E-state index contributed by atoms with van der Waals surface area (Å²) >= 11 is -2.34. The van der Waals surface area contributed by atoms with Crippen LogP contribution in [0.2, 0.25) is 0 Å². The average Bonchev–Trinajstić information content (AvgIpc) is 2.02. The molecule has 2 unspecified atom stereocenters. The molecule has 0 aromatic heterocycles. The summed E-state index contributed by atoms with van der Waals surface area (Å²) in [6.45, 7) is 4.58. The predicted octanol–water partition coefficient (Wildman–Crippen LogP) is 2.01. The van der Waals surface area contributed by atoms with Gasteiger partial charge in [-0.3, -0.25) is 0 Å². The molecule has 74 valence electrons. The van der Waals surface area contributed by atoms with Crippen molar-refractivity contribution in [2.24, 2.45) is 5.92 Å². The topological polar surface area (TPSA) is 49.4 Å². The zero-order valence-electron chi connectivity index (χ0n) is 7.75. The van der Waals surface area contributed by atoms with Gasteiger partial charge in [0.25, 0.3) is 0 Å². The molecule has 0 rings (SSSR count). The first kappa shape index (κ1) is 12.1. The van der Waals surface area contributed by atoms with Crippen LogP contribution in [0.5, 0.6) is 0 Å². The lowest BCUT2D eigenvalue weighted by molar-refractivity contribution is 0.261. The van der Waals surface area contributed by atoms with Crippen molar-refractivity contribution in [2.75, 3.05) is 6.61 Å². The molecule has 0 aliphatic carbocycles. The zero-order chi connectivity index (χ0) is 9.40. The molecule has 4 heteroatoms. The van der Waals surface area contributed by atoms with Gasteiger partial charge in [0.2, 0.25) is 0 Å². The van der Waals surface area contributed by atoms with Crippen molar-refractivity contribution in [1.82, 2.24) is 0 Å². The fourth-order valence-electron chi connectivity index (χ4n) is 1.24. The van der Waals surface area contributed by atoms with Crippen LogP contribution in [-0.2, 0) is 15.5 Å². The third-order valence-corrected chi connectivity index (χ3v) is 2.34. The molecule has 0 amide bonds. The van der Waals surface area contributed by atoms with E-state index in [4.69, 9.17) is 0 Å². The summed E-state index contributed by atoms with van der Waals surface area (Å²) in [6, 6.07) is 0. The quantitative estimate of drug-likeness (QED) is 0.581. The minimum atomic E-state index is -2.34. The maximum Gasteiger partial charge on any atom is 0.0842 e. The highest BCUT2D eigenvalue weighted by Crippen LogP contribution is 2.14. The summed E-state index contributed by atoms with van der Waals surface area (Å²) in [5, 5.41) is 0. The summed E-state index contributed by atoms with van der Waals surface area (Å²) in [5.41, 5.74) is 0. The number of hydrogen-bond donors (Lipinski definition) is 0. The van der Waals surface area contributed by atoms with Crippen LogP contribution in [-0.4, -0.2) is 15.4 Å². The van der Waals surface area contributed by atoms with Gasteiger partial charge >= 0.3 is 0 Å². The fraction of sp³-hybridized carbons (Fsp3) is 1.00. The molecule has 0 aromatic rings. The fourth-order valence-corrected chi connectivity index (χ4v) is 1.48. The van der Waals surface area contributed by atoms with E-state index >= 15 is 0 Å². The van der Waals surface area contributed by atoms with Gasteiger partial charge in [-0.25, -0.2) is 4.21 Å². The van der Waals surface area contributed by atoms with Crippen molar-refractivity contribution in [3.05, 3.63) is 0 Å². The van der Waals surface area contributed by atoms with Crippen molar-refractivity contribution in [3.63, 3.8) is 0 Å². The molecule has 0 saturated carbocycles. The van der Waals surface area contributed by atoms with Crippen LogP contribution >= 0.6 is 0 Å². The average molecular weight is 193 g/mol. The zero-order valence-corrected chi connectivity index (χ0v) is 8.56. The minimum absolute atomic E-state index is 0.328. The maximum absolute atomic E-state index is 10.0. The Balaban J connectivity index is 3.37. The Hall–Kier alpha value is 0.0700. The molecule has 0 aliphatic heterocycles. The first-order chi connectivity index (χ1) is 5.70. The van der Waals surface area contributed by atoms with E-state index in [1.165, 1.54) is 0 Å². The second kappa shape index (κ2) is 7.71. The summed E-state index contributed by atoms with van der Waals surface area (Å²) in [7, 11) is 0. The molecule has 0 N–H and O–H groups in total. The standard InChI is InChI=1S/C8H18O3S/c1-3-5-8(4-2)6-7-11-12(9)10/h8H,3-7H2,1-2H3,(H,9,10)/p-1. The second-order valence-electron chi connectivity index (χ2n) is 2.88. The largest absolute Gasteiger partial charge is 0.750 e. The van der Waals surface area contributed by atoms with Crippen LogP contribution in [0, 0.1) is 5.92 Å². The Morgan fingerprint density at radius 1 is 1.42 bits per heavy atom. The van der Waals surface area contributed by atoms with Crippen molar-refractivity contribution in [1.29, 1.82) is 0 Å². The monoisotopic (exact) mass is 193 g/mol. The Labute approximate surface area is 77.0 Å². The Morgan fingerprint density at radius 3 is 2.50 bits per heavy atom. The van der Waals surface area contributed by atoms with E-state index in [1.807, 2.05) is 0 Å². The lowest BCUT2D eigenvalue weighted by atomic mass is 9.98. The molecule has 0 aliphatic rings. The smallest absolute Gasteiger partial charge is 0.0842 e. The first-order valence-corrected chi connectivity index (χ1v) is 5.43. The molecule has 0 spiro atoms. The summed E-state index contributed by atoms with van der Waals surface area (Å²) in [6.07, 6.45) is 4.26. The van der Waals surface area contributed by atoms with Gasteiger partial charge in [-0.2, -0.15) is 0 Å². The molecule has 12 heavy (non-hydrogen) atoms. The van der Waals surface area contributed by atoms with E-state index in [0.29, 0.717) is 12.5 Å². The van der Waals surface area contributed by atoms with Crippen LogP contribution in [0.3, 0.4) is 0 Å². The van der Waals surface area contributed by atoms with E-state index in [1.54, 1.807) is 0 Å². The minimum Gasteiger partial charge on any atom is -0.750 e. The molecule has 3 nitrogen and oxygen atoms in total. The van der Waals surface area contributed by atoms with E-state index in [9.17, 15) is 8.76 Å². The third-order valence-electron chi connectivity index (χ3n) is 1.98. The second-order valence-corrected chi connectivity index (χ2v) is 3.52. The van der Waals surface area contributed by atoms with Gasteiger partial charge in [-0.05, 0) is 12.3 Å². The van der Waals surface area contributed by atoms with Crippen LogP contribution in [0.15, 0.2) is 0 Å². The maximum atomic E-state index is 10.0.